The molecule has 1 aromatic carbocycles. The van der Waals surface area contributed by atoms with Gasteiger partial charge in [-0.1, -0.05) is 96.6 Å². The summed E-state index contributed by atoms with van der Waals surface area (Å²) in [7, 11) is 0. The highest BCUT2D eigenvalue weighted by Gasteiger charge is 2.07. The van der Waals surface area contributed by atoms with Crippen LogP contribution in [0, 0.1) is 0 Å². The number of aryl methyl sites for hydroxylation is 1. The summed E-state index contributed by atoms with van der Waals surface area (Å²) in [5.74, 6) is 0.453. The zero-order valence-corrected chi connectivity index (χ0v) is 26.5. The molecule has 0 fully saturated rings. The quantitative estimate of drug-likeness (QED) is 0.0614. The van der Waals surface area contributed by atoms with Gasteiger partial charge in [0, 0.05) is 19.4 Å². The van der Waals surface area contributed by atoms with Gasteiger partial charge < -0.3 is 19.5 Å². The number of nitrogens with zero attached hydrogens (tertiary/aromatic N) is 1. The lowest BCUT2D eigenvalue weighted by Crippen LogP contribution is -2.29. The normalized spacial score (nSPS) is 11.2. The third-order valence-corrected chi connectivity index (χ3v) is 7.61. The molecule has 0 aliphatic rings. The second-order valence-electron chi connectivity index (χ2n) is 11.5. The van der Waals surface area contributed by atoms with Crippen molar-refractivity contribution in [3.63, 3.8) is 0 Å². The molecule has 0 spiro atoms. The molecule has 0 heterocycles. The number of aliphatic hydroxyl groups is 1. The van der Waals surface area contributed by atoms with Gasteiger partial charge in [-0.3, -0.25) is 9.59 Å². The van der Waals surface area contributed by atoms with Crippen LogP contribution in [0.5, 0.6) is 5.75 Å². The smallest absolute Gasteiger partial charge is 0.311 e. The maximum atomic E-state index is 12.1. The third-order valence-electron chi connectivity index (χ3n) is 7.61. The minimum Gasteiger partial charge on any atom is -0.466 e. The van der Waals surface area contributed by atoms with Gasteiger partial charge in [-0.15, -0.1) is 0 Å². The number of hydrogen-bond acceptors (Lipinski definition) is 6. The van der Waals surface area contributed by atoms with Crippen molar-refractivity contribution in [3.05, 3.63) is 29.8 Å². The summed E-state index contributed by atoms with van der Waals surface area (Å²) < 4.78 is 10.8. The van der Waals surface area contributed by atoms with E-state index in [1.165, 1.54) is 37.7 Å². The maximum Gasteiger partial charge on any atom is 0.311 e. The van der Waals surface area contributed by atoms with Crippen molar-refractivity contribution in [2.75, 3.05) is 32.8 Å². The lowest BCUT2D eigenvalue weighted by Gasteiger charge is -2.21. The standard InChI is InChI=1S/C35H61NO5/c1-3-5-7-14-19-31-40-34(38)21-15-10-8-12-17-27-36(29-30-37)28-18-13-9-11-16-22-35(39)41-33-25-23-32(24-26-33)20-6-4-2/h23-26,37H,3-22,27-31H2,1-2H3. The Balaban J connectivity index is 1.99. The van der Waals surface area contributed by atoms with E-state index >= 15 is 0 Å². The molecule has 1 aromatic rings. The van der Waals surface area contributed by atoms with Crippen molar-refractivity contribution in [1.82, 2.24) is 4.90 Å². The van der Waals surface area contributed by atoms with Gasteiger partial charge in [0.1, 0.15) is 5.75 Å². The number of unbranched alkanes of at least 4 members (excludes halogenated alkanes) is 13. The first-order chi connectivity index (χ1) is 20.1. The van der Waals surface area contributed by atoms with Gasteiger partial charge in [-0.25, -0.2) is 0 Å². The van der Waals surface area contributed by atoms with Gasteiger partial charge in [-0.2, -0.15) is 0 Å². The molecule has 236 valence electrons. The number of aliphatic hydroxyl groups excluding tert-OH is 1. The summed E-state index contributed by atoms with van der Waals surface area (Å²) in [4.78, 5) is 26.3. The first-order valence-corrected chi connectivity index (χ1v) is 16.9. The molecule has 0 saturated carbocycles. The zero-order valence-electron chi connectivity index (χ0n) is 26.5. The van der Waals surface area contributed by atoms with E-state index in [0.717, 1.165) is 103 Å². The summed E-state index contributed by atoms with van der Waals surface area (Å²) in [5.41, 5.74) is 1.29. The van der Waals surface area contributed by atoms with Crippen molar-refractivity contribution < 1.29 is 24.2 Å². The van der Waals surface area contributed by atoms with E-state index in [1.807, 2.05) is 12.1 Å². The molecule has 6 nitrogen and oxygen atoms in total. The highest BCUT2D eigenvalue weighted by molar-refractivity contribution is 5.72. The van der Waals surface area contributed by atoms with E-state index in [-0.39, 0.29) is 18.5 Å². The van der Waals surface area contributed by atoms with Crippen LogP contribution in [-0.2, 0) is 20.7 Å². The van der Waals surface area contributed by atoms with Crippen LogP contribution in [0.15, 0.2) is 24.3 Å². The monoisotopic (exact) mass is 575 g/mol. The number of esters is 2. The number of ether oxygens (including phenoxy) is 2. The average Bonchev–Trinajstić information content (AvgIpc) is 2.97. The van der Waals surface area contributed by atoms with Gasteiger partial charge in [-0.05, 0) is 75.7 Å². The number of carbonyl (C=O) groups is 2. The van der Waals surface area contributed by atoms with Crippen LogP contribution < -0.4 is 4.74 Å². The Hall–Kier alpha value is -1.92. The van der Waals surface area contributed by atoms with Crippen molar-refractivity contribution in [2.24, 2.45) is 0 Å². The molecule has 1 N–H and O–H groups in total. The third kappa shape index (κ3) is 22.4. The fraction of sp³-hybridized carbons (Fsp3) is 0.771. The molecular weight excluding hydrogens is 514 g/mol. The molecule has 0 aliphatic carbocycles. The second-order valence-corrected chi connectivity index (χ2v) is 11.5. The summed E-state index contributed by atoms with van der Waals surface area (Å²) in [5, 5.41) is 9.43. The molecule has 0 saturated heterocycles. The van der Waals surface area contributed by atoms with Crippen molar-refractivity contribution in [1.29, 1.82) is 0 Å². The molecule has 6 heteroatoms. The molecule has 0 bridgehead atoms. The summed E-state index contributed by atoms with van der Waals surface area (Å²) in [6, 6.07) is 7.90. The van der Waals surface area contributed by atoms with E-state index in [2.05, 4.69) is 30.9 Å². The van der Waals surface area contributed by atoms with Gasteiger partial charge in [0.25, 0.3) is 0 Å². The lowest BCUT2D eigenvalue weighted by molar-refractivity contribution is -0.144. The molecule has 0 aromatic heterocycles. The fourth-order valence-electron chi connectivity index (χ4n) is 5.00. The number of rotatable bonds is 28. The Morgan fingerprint density at radius 2 is 1.17 bits per heavy atom. The Bertz CT molecular complexity index is 751. The van der Waals surface area contributed by atoms with Crippen molar-refractivity contribution in [2.45, 2.75) is 142 Å². The van der Waals surface area contributed by atoms with E-state index < -0.39 is 0 Å². The average molecular weight is 576 g/mol. The minimum absolute atomic E-state index is 0.0436. The van der Waals surface area contributed by atoms with Crippen LogP contribution in [0.2, 0.25) is 0 Å². The predicted octanol–water partition coefficient (Wildman–Crippen LogP) is 8.42. The number of hydrogen-bond donors (Lipinski definition) is 1. The molecular formula is C35H61NO5. The highest BCUT2D eigenvalue weighted by atomic mass is 16.5. The Kier molecular flexibility index (Phi) is 24.4. The summed E-state index contributed by atoms with van der Waals surface area (Å²) in [6.07, 6.45) is 21.0. The lowest BCUT2D eigenvalue weighted by atomic mass is 10.1. The van der Waals surface area contributed by atoms with E-state index in [0.29, 0.717) is 25.2 Å². The summed E-state index contributed by atoms with van der Waals surface area (Å²) in [6.45, 7) is 7.93. The van der Waals surface area contributed by atoms with Crippen LogP contribution in [0.1, 0.15) is 141 Å². The van der Waals surface area contributed by atoms with Crippen LogP contribution in [0.3, 0.4) is 0 Å². The number of benzene rings is 1. The second kappa shape index (κ2) is 26.9. The first-order valence-electron chi connectivity index (χ1n) is 16.9. The fourth-order valence-corrected chi connectivity index (χ4v) is 5.00. The van der Waals surface area contributed by atoms with Gasteiger partial charge >= 0.3 is 11.9 Å². The molecule has 0 aliphatic heterocycles. The Morgan fingerprint density at radius 1 is 0.634 bits per heavy atom. The van der Waals surface area contributed by atoms with Crippen LogP contribution in [0.25, 0.3) is 0 Å². The van der Waals surface area contributed by atoms with Gasteiger partial charge in [0.05, 0.1) is 13.2 Å². The van der Waals surface area contributed by atoms with Crippen LogP contribution >= 0.6 is 0 Å². The van der Waals surface area contributed by atoms with Crippen LogP contribution in [-0.4, -0.2) is 54.8 Å². The topological polar surface area (TPSA) is 76.1 Å². The molecule has 0 atom stereocenters. The minimum atomic E-state index is -0.145. The SMILES string of the molecule is CCCCCCCOC(=O)CCCCCCCN(CCO)CCCCCCCC(=O)Oc1ccc(CCCC)cc1. The van der Waals surface area contributed by atoms with Gasteiger partial charge in [0.2, 0.25) is 0 Å². The van der Waals surface area contributed by atoms with Crippen LogP contribution in [0.4, 0.5) is 0 Å². The molecule has 0 unspecified atom stereocenters. The maximum absolute atomic E-state index is 12.1. The molecule has 0 amide bonds. The highest BCUT2D eigenvalue weighted by Crippen LogP contribution is 2.16. The van der Waals surface area contributed by atoms with Crippen molar-refractivity contribution >= 4 is 11.9 Å². The van der Waals surface area contributed by atoms with E-state index in [9.17, 15) is 14.7 Å². The van der Waals surface area contributed by atoms with Gasteiger partial charge in [0.15, 0.2) is 0 Å². The number of carbonyl (C=O) groups excluding carboxylic acids is 2. The summed E-state index contributed by atoms with van der Waals surface area (Å²) >= 11 is 0. The Morgan fingerprint density at radius 3 is 1.78 bits per heavy atom. The first kappa shape index (κ1) is 37.1. The largest absolute Gasteiger partial charge is 0.466 e. The molecule has 41 heavy (non-hydrogen) atoms. The predicted molar refractivity (Wildman–Crippen MR) is 169 cm³/mol. The molecule has 1 rings (SSSR count). The van der Waals surface area contributed by atoms with E-state index in [4.69, 9.17) is 9.47 Å². The zero-order chi connectivity index (χ0) is 29.8. The molecule has 0 radical (unpaired) electrons. The van der Waals surface area contributed by atoms with E-state index in [1.54, 1.807) is 0 Å². The van der Waals surface area contributed by atoms with Crippen molar-refractivity contribution in [3.8, 4) is 5.75 Å². The Labute approximate surface area is 251 Å².